The van der Waals surface area contributed by atoms with Gasteiger partial charge < -0.3 is 11.5 Å². The minimum atomic E-state index is 0.386. The van der Waals surface area contributed by atoms with Crippen LogP contribution in [0, 0.1) is 0 Å². The normalized spacial score (nSPS) is 10.9. The van der Waals surface area contributed by atoms with Crippen molar-refractivity contribution in [1.29, 1.82) is 0 Å². The van der Waals surface area contributed by atoms with Crippen LogP contribution in [-0.4, -0.2) is 19.5 Å². The van der Waals surface area contributed by atoms with Crippen LogP contribution in [0.3, 0.4) is 0 Å². The van der Waals surface area contributed by atoms with Crippen LogP contribution in [0.25, 0.3) is 16.9 Å². The lowest BCUT2D eigenvalue weighted by atomic mass is 10.2. The summed E-state index contributed by atoms with van der Waals surface area (Å²) in [6.07, 6.45) is 3.12. The molecule has 1 aromatic carbocycles. The summed E-state index contributed by atoms with van der Waals surface area (Å²) in [4.78, 5) is 12.3. The van der Waals surface area contributed by atoms with Gasteiger partial charge in [0, 0.05) is 12.2 Å². The minimum Gasteiger partial charge on any atom is -0.382 e. The quantitative estimate of drug-likeness (QED) is 0.692. The van der Waals surface area contributed by atoms with Crippen molar-refractivity contribution in [2.45, 2.75) is 6.54 Å². The smallest absolute Gasteiger partial charge is 0.170 e. The number of nitrogens with two attached hydrogens (primary N) is 2. The molecule has 3 aromatic rings. The average Bonchev–Trinajstić information content (AvgIpc) is 2.84. The maximum Gasteiger partial charge on any atom is 0.170 e. The fraction of sp³-hybridized carbons (Fsp3) is 0.0833. The molecule has 18 heavy (non-hydrogen) atoms. The van der Waals surface area contributed by atoms with Gasteiger partial charge in [0.15, 0.2) is 17.0 Å². The Morgan fingerprint density at radius 3 is 2.56 bits per heavy atom. The van der Waals surface area contributed by atoms with Gasteiger partial charge in [0.25, 0.3) is 0 Å². The molecule has 0 atom stereocenters. The maximum atomic E-state index is 5.75. The van der Waals surface area contributed by atoms with Crippen LogP contribution in [0.2, 0.25) is 0 Å². The molecule has 0 aliphatic carbocycles. The summed E-state index contributed by atoms with van der Waals surface area (Å²) in [6.45, 7) is 0.528. The number of fused-ring (bicyclic) bond motifs is 1. The monoisotopic (exact) mass is 240 g/mol. The Kier molecular flexibility index (Phi) is 2.42. The Labute approximate surface area is 103 Å². The van der Waals surface area contributed by atoms with Gasteiger partial charge in [-0.15, -0.1) is 0 Å². The van der Waals surface area contributed by atoms with E-state index in [-0.39, 0.29) is 0 Å². The molecule has 2 aromatic heterocycles. The van der Waals surface area contributed by atoms with Crippen LogP contribution >= 0.6 is 0 Å². The van der Waals surface area contributed by atoms with Crippen LogP contribution in [0.1, 0.15) is 5.56 Å². The van der Waals surface area contributed by atoms with Gasteiger partial charge in [0.2, 0.25) is 0 Å². The highest BCUT2D eigenvalue weighted by atomic mass is 15.1. The van der Waals surface area contributed by atoms with E-state index in [0.29, 0.717) is 23.5 Å². The highest BCUT2D eigenvalue weighted by Gasteiger charge is 2.08. The summed E-state index contributed by atoms with van der Waals surface area (Å²) in [5.74, 6) is 0.386. The molecular formula is C12H12N6. The number of nitrogen functional groups attached to an aromatic ring is 1. The third kappa shape index (κ3) is 1.59. The highest BCUT2D eigenvalue weighted by molar-refractivity contribution is 5.82. The second-order valence-corrected chi connectivity index (χ2v) is 3.92. The Bertz CT molecular complexity index is 685. The fourth-order valence-corrected chi connectivity index (χ4v) is 1.83. The third-order valence-electron chi connectivity index (χ3n) is 2.81. The topological polar surface area (TPSA) is 95.6 Å². The predicted molar refractivity (Wildman–Crippen MR) is 69.0 cm³/mol. The lowest BCUT2D eigenvalue weighted by Gasteiger charge is -2.04. The first-order valence-corrected chi connectivity index (χ1v) is 5.52. The van der Waals surface area contributed by atoms with E-state index in [2.05, 4.69) is 15.0 Å². The van der Waals surface area contributed by atoms with Gasteiger partial charge in [-0.05, 0) is 17.7 Å². The number of hydrogen-bond acceptors (Lipinski definition) is 5. The van der Waals surface area contributed by atoms with Gasteiger partial charge >= 0.3 is 0 Å². The molecule has 90 valence electrons. The highest BCUT2D eigenvalue weighted by Crippen LogP contribution is 2.19. The van der Waals surface area contributed by atoms with Crippen molar-refractivity contribution in [3.05, 3.63) is 42.5 Å². The van der Waals surface area contributed by atoms with Crippen LogP contribution in [0.5, 0.6) is 0 Å². The average molecular weight is 240 g/mol. The number of imidazole rings is 1. The zero-order valence-electron chi connectivity index (χ0n) is 9.61. The molecule has 6 nitrogen and oxygen atoms in total. The van der Waals surface area contributed by atoms with Gasteiger partial charge in [-0.25, -0.2) is 15.0 Å². The van der Waals surface area contributed by atoms with E-state index < -0.39 is 0 Å². The van der Waals surface area contributed by atoms with Crippen molar-refractivity contribution in [1.82, 2.24) is 19.5 Å². The van der Waals surface area contributed by atoms with E-state index in [4.69, 9.17) is 11.5 Å². The van der Waals surface area contributed by atoms with Crippen molar-refractivity contribution in [2.75, 3.05) is 5.73 Å². The summed E-state index contributed by atoms with van der Waals surface area (Å²) >= 11 is 0. The van der Waals surface area contributed by atoms with Crippen LogP contribution < -0.4 is 11.5 Å². The molecule has 0 fully saturated rings. The third-order valence-corrected chi connectivity index (χ3v) is 2.81. The van der Waals surface area contributed by atoms with Crippen molar-refractivity contribution >= 4 is 17.0 Å². The molecular weight excluding hydrogens is 228 g/mol. The van der Waals surface area contributed by atoms with E-state index in [0.717, 1.165) is 11.3 Å². The lowest BCUT2D eigenvalue weighted by Crippen LogP contribution is -1.99. The summed E-state index contributed by atoms with van der Waals surface area (Å²) in [5, 5.41) is 0. The van der Waals surface area contributed by atoms with Crippen molar-refractivity contribution < 1.29 is 0 Å². The van der Waals surface area contributed by atoms with E-state index >= 15 is 0 Å². The summed E-state index contributed by atoms with van der Waals surface area (Å²) in [6, 6.07) is 7.90. The second kappa shape index (κ2) is 4.08. The van der Waals surface area contributed by atoms with E-state index in [9.17, 15) is 0 Å². The first-order valence-electron chi connectivity index (χ1n) is 5.52. The second-order valence-electron chi connectivity index (χ2n) is 3.92. The zero-order valence-corrected chi connectivity index (χ0v) is 9.61. The number of benzene rings is 1. The Morgan fingerprint density at radius 2 is 1.83 bits per heavy atom. The number of rotatable bonds is 2. The Balaban J connectivity index is 2.16. The van der Waals surface area contributed by atoms with Crippen LogP contribution in [0.4, 0.5) is 5.82 Å². The Morgan fingerprint density at radius 1 is 1.06 bits per heavy atom. The molecule has 0 aliphatic heterocycles. The number of aromatic nitrogens is 4. The molecule has 4 N–H and O–H groups in total. The molecule has 0 spiro atoms. The van der Waals surface area contributed by atoms with Gasteiger partial charge in [-0.3, -0.25) is 4.57 Å². The molecule has 0 unspecified atom stereocenters. The van der Waals surface area contributed by atoms with Crippen molar-refractivity contribution in [3.63, 3.8) is 0 Å². The summed E-state index contributed by atoms with van der Waals surface area (Å²) in [5.41, 5.74) is 14.7. The molecule has 0 radical (unpaired) electrons. The molecule has 2 heterocycles. The zero-order chi connectivity index (χ0) is 12.5. The molecule has 0 saturated heterocycles. The molecule has 0 aliphatic rings. The van der Waals surface area contributed by atoms with E-state index in [1.54, 1.807) is 6.33 Å². The van der Waals surface area contributed by atoms with Crippen molar-refractivity contribution in [3.8, 4) is 5.69 Å². The maximum absolute atomic E-state index is 5.75. The molecule has 0 saturated carbocycles. The Hall–Kier alpha value is -2.47. The number of hydrogen-bond donors (Lipinski definition) is 2. The first kappa shape index (κ1) is 10.7. The van der Waals surface area contributed by atoms with Gasteiger partial charge in [-0.1, -0.05) is 12.1 Å². The standard InChI is InChI=1S/C12H12N6/c13-5-8-1-3-9(4-2-8)18-7-17-10-11(14)15-6-16-12(10)18/h1-4,6-7H,5,13H2,(H2,14,15,16). The van der Waals surface area contributed by atoms with E-state index in [1.165, 1.54) is 6.33 Å². The predicted octanol–water partition coefficient (Wildman–Crippen LogP) is 0.856. The van der Waals surface area contributed by atoms with Crippen molar-refractivity contribution in [2.24, 2.45) is 5.73 Å². The number of anilines is 1. The molecule has 0 bridgehead atoms. The molecule has 0 amide bonds. The number of nitrogens with zero attached hydrogens (tertiary/aromatic N) is 4. The molecule has 6 heteroatoms. The van der Waals surface area contributed by atoms with Gasteiger partial charge in [-0.2, -0.15) is 0 Å². The van der Waals surface area contributed by atoms with Gasteiger partial charge in [0.1, 0.15) is 12.7 Å². The van der Waals surface area contributed by atoms with E-state index in [1.807, 2.05) is 28.8 Å². The minimum absolute atomic E-state index is 0.386. The largest absolute Gasteiger partial charge is 0.382 e. The lowest BCUT2D eigenvalue weighted by molar-refractivity contribution is 1.04. The summed E-state index contributed by atoms with van der Waals surface area (Å²) in [7, 11) is 0. The fourth-order valence-electron chi connectivity index (χ4n) is 1.83. The SMILES string of the molecule is NCc1ccc(-n2cnc3c(N)ncnc32)cc1. The van der Waals surface area contributed by atoms with Crippen LogP contribution in [0.15, 0.2) is 36.9 Å². The molecule has 3 rings (SSSR count). The summed E-state index contributed by atoms with van der Waals surface area (Å²) < 4.78 is 1.87. The van der Waals surface area contributed by atoms with Crippen LogP contribution in [-0.2, 0) is 6.54 Å². The first-order chi connectivity index (χ1) is 8.79. The van der Waals surface area contributed by atoms with Gasteiger partial charge in [0.05, 0.1) is 0 Å².